The van der Waals surface area contributed by atoms with Gasteiger partial charge in [-0.2, -0.15) is 0 Å². The Morgan fingerprint density at radius 3 is 2.42 bits per heavy atom. The summed E-state index contributed by atoms with van der Waals surface area (Å²) in [5, 5.41) is 9.56. The lowest BCUT2D eigenvalue weighted by atomic mass is 9.94. The maximum atomic E-state index is 11.5. The molecule has 1 fully saturated rings. The third-order valence-electron chi connectivity index (χ3n) is 2.85. The van der Waals surface area contributed by atoms with Gasteiger partial charge in [-0.3, -0.25) is 4.79 Å². The minimum absolute atomic E-state index is 0.0341. The van der Waals surface area contributed by atoms with E-state index in [0.717, 1.165) is 12.8 Å². The average molecular weight is 170 g/mol. The molecule has 4 atom stereocenters. The maximum absolute atomic E-state index is 11.5. The molecule has 0 heterocycles. The van der Waals surface area contributed by atoms with Crippen molar-refractivity contribution >= 4 is 5.78 Å². The van der Waals surface area contributed by atoms with Crippen molar-refractivity contribution in [3.05, 3.63) is 0 Å². The highest BCUT2D eigenvalue weighted by atomic mass is 16.3. The molecule has 0 aromatic carbocycles. The normalized spacial score (nSPS) is 44.2. The molecule has 0 aromatic rings. The monoisotopic (exact) mass is 170 g/mol. The highest BCUT2D eigenvalue weighted by molar-refractivity contribution is 5.85. The van der Waals surface area contributed by atoms with Gasteiger partial charge in [0.15, 0.2) is 5.78 Å². The van der Waals surface area contributed by atoms with Crippen LogP contribution < -0.4 is 0 Å². The minimum atomic E-state index is -0.718. The van der Waals surface area contributed by atoms with Gasteiger partial charge in [-0.1, -0.05) is 20.8 Å². The van der Waals surface area contributed by atoms with Gasteiger partial charge >= 0.3 is 0 Å². The smallest absolute Gasteiger partial charge is 0.164 e. The number of aliphatic hydroxyl groups is 1. The quantitative estimate of drug-likeness (QED) is 0.561. The number of hydrogen-bond acceptors (Lipinski definition) is 2. The summed E-state index contributed by atoms with van der Waals surface area (Å²) >= 11 is 0. The zero-order valence-electron chi connectivity index (χ0n) is 8.08. The standard InChI is InChI=1S/C10H18O2/c1-6-4-7(2)9(11)10(12)8(3)5-6/h6-9,11H,4-5H2,1-3H3/t6-,7+,8-,9-/m0/s1. The number of carbonyl (C=O) groups is 1. The second-order valence-corrected chi connectivity index (χ2v) is 4.30. The summed E-state index contributed by atoms with van der Waals surface area (Å²) in [6, 6.07) is 0. The van der Waals surface area contributed by atoms with Crippen LogP contribution in [0.2, 0.25) is 0 Å². The number of carbonyl (C=O) groups excluding carboxylic acids is 1. The molecule has 0 spiro atoms. The fourth-order valence-corrected chi connectivity index (χ4v) is 2.15. The van der Waals surface area contributed by atoms with Gasteiger partial charge in [-0.05, 0) is 24.7 Å². The molecule has 0 aliphatic heterocycles. The van der Waals surface area contributed by atoms with Gasteiger partial charge < -0.3 is 5.11 Å². The summed E-state index contributed by atoms with van der Waals surface area (Å²) in [6.45, 7) is 6.02. The average Bonchev–Trinajstić information content (AvgIpc) is 2.05. The van der Waals surface area contributed by atoms with E-state index in [2.05, 4.69) is 6.92 Å². The molecule has 0 bridgehead atoms. The second kappa shape index (κ2) is 3.56. The first-order valence-electron chi connectivity index (χ1n) is 4.74. The van der Waals surface area contributed by atoms with Gasteiger partial charge in [0, 0.05) is 5.92 Å². The van der Waals surface area contributed by atoms with Gasteiger partial charge in [0.2, 0.25) is 0 Å². The van der Waals surface area contributed by atoms with Gasteiger partial charge in [0.05, 0.1) is 0 Å². The van der Waals surface area contributed by atoms with Crippen LogP contribution in [0.4, 0.5) is 0 Å². The molecule has 70 valence electrons. The third-order valence-corrected chi connectivity index (χ3v) is 2.85. The van der Waals surface area contributed by atoms with E-state index in [1.165, 1.54) is 0 Å². The minimum Gasteiger partial charge on any atom is -0.385 e. The summed E-state index contributed by atoms with van der Waals surface area (Å²) in [5.41, 5.74) is 0. The van der Waals surface area contributed by atoms with Crippen LogP contribution in [0.5, 0.6) is 0 Å². The molecule has 12 heavy (non-hydrogen) atoms. The molecule has 2 nitrogen and oxygen atoms in total. The molecule has 0 unspecified atom stereocenters. The number of Topliss-reactive ketones (excluding diaryl/α,β-unsaturated/α-hetero) is 1. The van der Waals surface area contributed by atoms with E-state index >= 15 is 0 Å². The van der Waals surface area contributed by atoms with Crippen molar-refractivity contribution < 1.29 is 9.90 Å². The number of aliphatic hydroxyl groups excluding tert-OH is 1. The van der Waals surface area contributed by atoms with E-state index < -0.39 is 6.10 Å². The van der Waals surface area contributed by atoms with E-state index in [9.17, 15) is 9.90 Å². The second-order valence-electron chi connectivity index (χ2n) is 4.30. The Bertz CT molecular complexity index is 177. The first-order valence-corrected chi connectivity index (χ1v) is 4.74. The number of hydrogen-bond donors (Lipinski definition) is 1. The third kappa shape index (κ3) is 1.86. The van der Waals surface area contributed by atoms with Gasteiger partial charge in [0.25, 0.3) is 0 Å². The van der Waals surface area contributed by atoms with Gasteiger partial charge in [-0.25, -0.2) is 0 Å². The van der Waals surface area contributed by atoms with Crippen LogP contribution in [0.1, 0.15) is 33.6 Å². The van der Waals surface area contributed by atoms with Crippen molar-refractivity contribution in [2.75, 3.05) is 0 Å². The number of rotatable bonds is 0. The van der Waals surface area contributed by atoms with E-state index in [4.69, 9.17) is 0 Å². The lowest BCUT2D eigenvalue weighted by Crippen LogP contribution is -2.29. The van der Waals surface area contributed by atoms with Gasteiger partial charge in [0.1, 0.15) is 6.10 Å². The van der Waals surface area contributed by atoms with Gasteiger partial charge in [-0.15, -0.1) is 0 Å². The van der Waals surface area contributed by atoms with Crippen LogP contribution in [-0.4, -0.2) is 17.0 Å². The van der Waals surface area contributed by atoms with Crippen LogP contribution in [0.15, 0.2) is 0 Å². The molecule has 2 heteroatoms. The van der Waals surface area contributed by atoms with E-state index in [1.54, 1.807) is 0 Å². The summed E-state index contributed by atoms with van der Waals surface area (Å²) in [5.74, 6) is 0.778. The largest absolute Gasteiger partial charge is 0.385 e. The molecule has 1 N–H and O–H groups in total. The molecule has 1 rings (SSSR count). The summed E-state index contributed by atoms with van der Waals surface area (Å²) in [6.07, 6.45) is 1.18. The van der Waals surface area contributed by atoms with E-state index in [-0.39, 0.29) is 17.6 Å². The van der Waals surface area contributed by atoms with Crippen LogP contribution >= 0.6 is 0 Å². The summed E-state index contributed by atoms with van der Waals surface area (Å²) < 4.78 is 0. The Kier molecular flexibility index (Phi) is 2.89. The van der Waals surface area contributed by atoms with E-state index in [1.807, 2.05) is 13.8 Å². The Labute approximate surface area is 74.0 Å². The zero-order chi connectivity index (χ0) is 9.30. The fourth-order valence-electron chi connectivity index (χ4n) is 2.15. The molecule has 0 amide bonds. The Morgan fingerprint density at radius 1 is 1.25 bits per heavy atom. The van der Waals surface area contributed by atoms with Crippen LogP contribution in [0, 0.1) is 17.8 Å². The van der Waals surface area contributed by atoms with Crippen molar-refractivity contribution in [2.24, 2.45) is 17.8 Å². The van der Waals surface area contributed by atoms with Crippen molar-refractivity contribution in [1.29, 1.82) is 0 Å². The van der Waals surface area contributed by atoms with E-state index in [0.29, 0.717) is 5.92 Å². The lowest BCUT2D eigenvalue weighted by molar-refractivity contribution is -0.132. The van der Waals surface area contributed by atoms with Crippen LogP contribution in [0.3, 0.4) is 0 Å². The predicted octanol–water partition coefficient (Wildman–Crippen LogP) is 1.62. The SMILES string of the molecule is C[C@H]1C[C@@H](C)[C@H](O)C(=O)[C@@H](C)C1. The summed E-state index contributed by atoms with van der Waals surface area (Å²) in [4.78, 5) is 11.5. The molecule has 0 saturated heterocycles. The molecule has 1 aliphatic rings. The first kappa shape index (κ1) is 9.72. The van der Waals surface area contributed by atoms with Crippen LogP contribution in [0.25, 0.3) is 0 Å². The highest BCUT2D eigenvalue weighted by Crippen LogP contribution is 2.28. The first-order chi connectivity index (χ1) is 5.52. The molecule has 0 aromatic heterocycles. The zero-order valence-corrected chi connectivity index (χ0v) is 8.08. The van der Waals surface area contributed by atoms with Crippen molar-refractivity contribution in [3.63, 3.8) is 0 Å². The summed E-state index contributed by atoms with van der Waals surface area (Å²) in [7, 11) is 0. The van der Waals surface area contributed by atoms with Crippen molar-refractivity contribution in [1.82, 2.24) is 0 Å². The molecule has 0 radical (unpaired) electrons. The molecular weight excluding hydrogens is 152 g/mol. The van der Waals surface area contributed by atoms with Crippen LogP contribution in [-0.2, 0) is 4.79 Å². The molecular formula is C10H18O2. The lowest BCUT2D eigenvalue weighted by Gasteiger charge is -2.15. The topological polar surface area (TPSA) is 37.3 Å². The van der Waals surface area contributed by atoms with Crippen molar-refractivity contribution in [2.45, 2.75) is 39.7 Å². The Hall–Kier alpha value is -0.370. The predicted molar refractivity (Wildman–Crippen MR) is 47.7 cm³/mol. The molecule has 1 aliphatic carbocycles. The molecule has 1 saturated carbocycles. The number of ketones is 1. The Balaban J connectivity index is 2.73. The highest BCUT2D eigenvalue weighted by Gasteiger charge is 2.32. The van der Waals surface area contributed by atoms with Crippen molar-refractivity contribution in [3.8, 4) is 0 Å². The fraction of sp³-hybridized carbons (Fsp3) is 0.900. The maximum Gasteiger partial charge on any atom is 0.164 e. The Morgan fingerprint density at radius 2 is 1.83 bits per heavy atom.